The molecule has 0 unspecified atom stereocenters. The van der Waals surface area contributed by atoms with Crippen LogP contribution in [0.1, 0.15) is 37.3 Å². The van der Waals surface area contributed by atoms with Crippen molar-refractivity contribution in [1.29, 1.82) is 0 Å². The lowest BCUT2D eigenvalue weighted by Gasteiger charge is -2.07. The summed E-state index contributed by atoms with van der Waals surface area (Å²) in [4.78, 5) is 21.8. The van der Waals surface area contributed by atoms with Crippen LogP contribution >= 0.6 is 0 Å². The van der Waals surface area contributed by atoms with Gasteiger partial charge in [0.1, 0.15) is 6.61 Å². The molecule has 0 bridgehead atoms. The Morgan fingerprint density at radius 1 is 0.703 bits per heavy atom. The van der Waals surface area contributed by atoms with Crippen molar-refractivity contribution in [2.24, 2.45) is 0 Å². The maximum atomic E-state index is 11.1. The van der Waals surface area contributed by atoms with Crippen LogP contribution in [0, 0.1) is 0 Å². The number of benzene rings is 3. The number of carbonyl (C=O) groups is 2. The van der Waals surface area contributed by atoms with E-state index in [1.54, 1.807) is 6.92 Å². The first-order valence-corrected chi connectivity index (χ1v) is 12.4. The molecule has 0 saturated carbocycles. The van der Waals surface area contributed by atoms with E-state index in [0.29, 0.717) is 19.8 Å². The van der Waals surface area contributed by atoms with Gasteiger partial charge in [0, 0.05) is 6.08 Å². The predicted octanol–water partition coefficient (Wildman–Crippen LogP) is 7.10. The molecule has 0 radical (unpaired) electrons. The molecule has 0 saturated heterocycles. The molecule has 3 aromatic carbocycles. The first-order chi connectivity index (χ1) is 18.1. The molecule has 0 aliphatic rings. The number of hydrogen-bond acceptors (Lipinski definition) is 5. The van der Waals surface area contributed by atoms with Gasteiger partial charge in [0.25, 0.3) is 0 Å². The van der Waals surface area contributed by atoms with Gasteiger partial charge in [-0.15, -0.1) is 0 Å². The maximum absolute atomic E-state index is 11.1. The molecule has 0 amide bonds. The average Bonchev–Trinajstić information content (AvgIpc) is 2.96. The first kappa shape index (κ1) is 30.9. The molecule has 3 aromatic rings. The molecule has 5 nitrogen and oxygen atoms in total. The molecule has 0 aliphatic carbocycles. The van der Waals surface area contributed by atoms with Crippen molar-refractivity contribution in [1.82, 2.24) is 0 Å². The summed E-state index contributed by atoms with van der Waals surface area (Å²) in [5, 5.41) is 0. The minimum atomic E-state index is -0.506. The Hall–Kier alpha value is -4.12. The van der Waals surface area contributed by atoms with Gasteiger partial charge in [-0.2, -0.15) is 0 Å². The predicted molar refractivity (Wildman–Crippen MR) is 149 cm³/mol. The summed E-state index contributed by atoms with van der Waals surface area (Å²) in [6, 6.07) is 32.0. The van der Waals surface area contributed by atoms with Gasteiger partial charge in [-0.25, -0.2) is 9.59 Å². The normalized spacial score (nSPS) is 9.32. The van der Waals surface area contributed by atoms with Gasteiger partial charge in [-0.05, 0) is 50.3 Å². The van der Waals surface area contributed by atoms with Crippen molar-refractivity contribution < 1.29 is 23.8 Å². The fourth-order valence-electron chi connectivity index (χ4n) is 2.88. The average molecular weight is 503 g/mol. The molecule has 0 aliphatic heterocycles. The number of esters is 2. The van der Waals surface area contributed by atoms with Crippen LogP contribution in [0.25, 0.3) is 0 Å². The third-order valence-corrected chi connectivity index (χ3v) is 4.79. The van der Waals surface area contributed by atoms with Gasteiger partial charge >= 0.3 is 11.9 Å². The summed E-state index contributed by atoms with van der Waals surface area (Å²) in [6.45, 7) is 9.73. The first-order valence-electron chi connectivity index (χ1n) is 12.4. The Morgan fingerprint density at radius 3 is 1.73 bits per heavy atom. The van der Waals surface area contributed by atoms with Gasteiger partial charge < -0.3 is 14.2 Å². The van der Waals surface area contributed by atoms with Crippen LogP contribution in [0.3, 0.4) is 0 Å². The summed E-state index contributed by atoms with van der Waals surface area (Å²) < 4.78 is 14.8. The van der Waals surface area contributed by atoms with Crippen molar-refractivity contribution in [3.05, 3.63) is 133 Å². The number of aryl methyl sites for hydroxylation is 1. The fourth-order valence-corrected chi connectivity index (χ4v) is 2.88. The quantitative estimate of drug-likeness (QED) is 0.114. The Morgan fingerprint density at radius 2 is 1.22 bits per heavy atom. The van der Waals surface area contributed by atoms with Crippen LogP contribution in [0.2, 0.25) is 0 Å². The maximum Gasteiger partial charge on any atom is 0.372 e. The van der Waals surface area contributed by atoms with Crippen LogP contribution in [0.5, 0.6) is 0 Å². The van der Waals surface area contributed by atoms with Crippen molar-refractivity contribution >= 4 is 11.9 Å². The van der Waals surface area contributed by atoms with Gasteiger partial charge in [0.2, 0.25) is 0 Å². The van der Waals surface area contributed by atoms with E-state index in [1.807, 2.05) is 72.8 Å². The van der Waals surface area contributed by atoms with Crippen LogP contribution in [0.15, 0.2) is 122 Å². The Bertz CT molecular complexity index is 974. The van der Waals surface area contributed by atoms with Crippen molar-refractivity contribution in [2.75, 3.05) is 13.2 Å². The molecule has 0 spiro atoms. The summed E-state index contributed by atoms with van der Waals surface area (Å²) in [6.07, 6.45) is 5.43. The third-order valence-electron chi connectivity index (χ3n) is 4.79. The van der Waals surface area contributed by atoms with Gasteiger partial charge in [0.15, 0.2) is 5.76 Å². The van der Waals surface area contributed by atoms with Gasteiger partial charge in [-0.3, -0.25) is 0 Å². The van der Waals surface area contributed by atoms with Crippen LogP contribution in [0.4, 0.5) is 0 Å². The second-order valence-electron chi connectivity index (χ2n) is 7.74. The summed E-state index contributed by atoms with van der Waals surface area (Å²) in [7, 11) is 0. The lowest BCUT2D eigenvalue weighted by Crippen LogP contribution is -2.09. The summed E-state index contributed by atoms with van der Waals surface area (Å²) in [5.74, 6) is -0.794. The lowest BCUT2D eigenvalue weighted by atomic mass is 10.1. The topological polar surface area (TPSA) is 61.8 Å². The molecular formula is C32H38O5. The van der Waals surface area contributed by atoms with Crippen molar-refractivity contribution in [2.45, 2.75) is 39.2 Å². The van der Waals surface area contributed by atoms with E-state index < -0.39 is 5.97 Å². The minimum absolute atomic E-state index is 0.0423. The molecule has 0 fully saturated rings. The number of carbonyl (C=O) groups excluding carboxylic acids is 2. The zero-order valence-electron chi connectivity index (χ0n) is 21.7. The summed E-state index contributed by atoms with van der Waals surface area (Å²) in [5.41, 5.74) is 2.36. The minimum Gasteiger partial charge on any atom is -0.482 e. The number of ether oxygens (including phenoxy) is 3. The SMILES string of the molecule is C=C(OCc1ccccc1)C(=O)OCC.C=CC(=O)OCCCCCc1ccccc1.c1ccccc1. The van der Waals surface area contributed by atoms with E-state index >= 15 is 0 Å². The van der Waals surface area contributed by atoms with E-state index in [0.717, 1.165) is 31.2 Å². The largest absolute Gasteiger partial charge is 0.482 e. The van der Waals surface area contributed by atoms with Crippen LogP contribution in [-0.2, 0) is 36.8 Å². The molecule has 3 rings (SSSR count). The molecule has 0 N–H and O–H groups in total. The highest BCUT2D eigenvalue weighted by atomic mass is 16.6. The van der Waals surface area contributed by atoms with E-state index in [9.17, 15) is 9.59 Å². The number of hydrogen-bond donors (Lipinski definition) is 0. The lowest BCUT2D eigenvalue weighted by molar-refractivity contribution is -0.142. The van der Waals surface area contributed by atoms with Crippen LogP contribution < -0.4 is 0 Å². The molecule has 0 aromatic heterocycles. The van der Waals surface area contributed by atoms with E-state index in [1.165, 1.54) is 11.6 Å². The molecular weight excluding hydrogens is 464 g/mol. The zero-order chi connectivity index (χ0) is 27.0. The van der Waals surface area contributed by atoms with E-state index in [2.05, 4.69) is 37.4 Å². The molecule has 37 heavy (non-hydrogen) atoms. The number of rotatable bonds is 12. The highest BCUT2D eigenvalue weighted by Crippen LogP contribution is 2.07. The molecule has 5 heteroatoms. The fraction of sp³-hybridized carbons (Fsp3) is 0.250. The molecule has 0 atom stereocenters. The smallest absolute Gasteiger partial charge is 0.372 e. The van der Waals surface area contributed by atoms with Crippen molar-refractivity contribution in [3.63, 3.8) is 0 Å². The van der Waals surface area contributed by atoms with E-state index in [-0.39, 0.29) is 11.7 Å². The third kappa shape index (κ3) is 17.0. The summed E-state index contributed by atoms with van der Waals surface area (Å²) >= 11 is 0. The number of unbranched alkanes of at least 4 members (excludes halogenated alkanes) is 2. The zero-order valence-corrected chi connectivity index (χ0v) is 21.7. The van der Waals surface area contributed by atoms with Gasteiger partial charge in [0.05, 0.1) is 13.2 Å². The molecule has 196 valence electrons. The molecule has 0 heterocycles. The van der Waals surface area contributed by atoms with E-state index in [4.69, 9.17) is 14.2 Å². The van der Waals surface area contributed by atoms with Crippen LogP contribution in [-0.4, -0.2) is 25.2 Å². The Labute approximate surface area is 221 Å². The Kier molecular flexibility index (Phi) is 17.7. The van der Waals surface area contributed by atoms with Crippen molar-refractivity contribution in [3.8, 4) is 0 Å². The highest BCUT2D eigenvalue weighted by molar-refractivity contribution is 5.85. The van der Waals surface area contributed by atoms with Gasteiger partial charge in [-0.1, -0.05) is 104 Å². The second kappa shape index (κ2) is 21.2. The second-order valence-corrected chi connectivity index (χ2v) is 7.74. The standard InChI is InChI=1S/C14H18O2.C12H14O3.C6H6/c1-2-14(15)16-12-8-4-7-11-13-9-5-3-6-10-13;1-3-14-12(13)10(2)15-9-11-7-5-4-6-8-11;1-2-4-6-5-3-1/h2-3,5-6,9-10H,1,4,7-8,11-12H2;4-8H,2-3,9H2,1H3;1-6H. The monoisotopic (exact) mass is 502 g/mol. The Balaban J connectivity index is 0.000000303. The highest BCUT2D eigenvalue weighted by Gasteiger charge is 2.08.